The number of hydrogen-bond donors (Lipinski definition) is 3. The van der Waals surface area contributed by atoms with Crippen LogP contribution in [0.1, 0.15) is 11.7 Å². The van der Waals surface area contributed by atoms with Gasteiger partial charge in [0.25, 0.3) is 5.69 Å². The Bertz CT molecular complexity index is 413. The van der Waals surface area contributed by atoms with Crippen molar-refractivity contribution in [2.75, 3.05) is 13.6 Å². The van der Waals surface area contributed by atoms with Crippen LogP contribution < -0.4 is 5.32 Å². The molecule has 0 aliphatic rings. The summed E-state index contributed by atoms with van der Waals surface area (Å²) in [6.07, 6.45) is -2.65. The molecular formula is C10H13FN2O4. The molecule has 1 rings (SSSR count). The number of hydrogen-bond acceptors (Lipinski definition) is 5. The average Bonchev–Trinajstić information content (AvgIpc) is 2.28. The van der Waals surface area contributed by atoms with E-state index in [2.05, 4.69) is 5.32 Å². The van der Waals surface area contributed by atoms with Crippen molar-refractivity contribution >= 4 is 5.69 Å². The fourth-order valence-corrected chi connectivity index (χ4v) is 1.45. The summed E-state index contributed by atoms with van der Waals surface area (Å²) in [5, 5.41) is 32.6. The summed E-state index contributed by atoms with van der Waals surface area (Å²) in [7, 11) is 1.56. The third-order valence-corrected chi connectivity index (χ3v) is 2.29. The van der Waals surface area contributed by atoms with Crippen LogP contribution in [-0.4, -0.2) is 34.8 Å². The highest BCUT2D eigenvalue weighted by Crippen LogP contribution is 2.27. The van der Waals surface area contributed by atoms with Gasteiger partial charge in [-0.2, -0.15) is 0 Å². The Morgan fingerprint density at radius 2 is 2.18 bits per heavy atom. The fraction of sp³-hybridized carbons (Fsp3) is 0.400. The molecule has 94 valence electrons. The van der Waals surface area contributed by atoms with Gasteiger partial charge in [0.05, 0.1) is 22.7 Å². The second kappa shape index (κ2) is 5.67. The molecule has 1 aromatic carbocycles. The maximum Gasteiger partial charge on any atom is 0.278 e. The van der Waals surface area contributed by atoms with E-state index < -0.39 is 28.6 Å². The van der Waals surface area contributed by atoms with E-state index in [1.165, 1.54) is 0 Å². The number of aliphatic hydroxyl groups is 2. The number of nitro benzene ring substituents is 1. The summed E-state index contributed by atoms with van der Waals surface area (Å²) in [6, 6.07) is 2.80. The first-order chi connectivity index (χ1) is 7.97. The van der Waals surface area contributed by atoms with Crippen molar-refractivity contribution in [3.8, 4) is 0 Å². The Labute approximate surface area is 96.8 Å². The molecule has 2 unspecified atom stereocenters. The van der Waals surface area contributed by atoms with Gasteiger partial charge in [-0.3, -0.25) is 10.1 Å². The first-order valence-corrected chi connectivity index (χ1v) is 4.92. The predicted molar refractivity (Wildman–Crippen MR) is 57.9 cm³/mol. The van der Waals surface area contributed by atoms with E-state index >= 15 is 0 Å². The molecule has 6 nitrogen and oxygen atoms in total. The van der Waals surface area contributed by atoms with Crippen molar-refractivity contribution in [1.29, 1.82) is 0 Å². The van der Waals surface area contributed by atoms with E-state index in [4.69, 9.17) is 0 Å². The molecule has 0 aliphatic heterocycles. The Hall–Kier alpha value is -1.57. The number of nitro groups is 1. The van der Waals surface area contributed by atoms with Gasteiger partial charge >= 0.3 is 0 Å². The van der Waals surface area contributed by atoms with Crippen LogP contribution in [-0.2, 0) is 0 Å². The zero-order chi connectivity index (χ0) is 13.0. The quantitative estimate of drug-likeness (QED) is 0.513. The van der Waals surface area contributed by atoms with Crippen LogP contribution in [0, 0.1) is 15.9 Å². The molecule has 0 fully saturated rings. The van der Waals surface area contributed by atoms with Gasteiger partial charge in [-0.1, -0.05) is 0 Å². The van der Waals surface area contributed by atoms with Crippen molar-refractivity contribution in [2.45, 2.75) is 12.2 Å². The number of halogens is 1. The van der Waals surface area contributed by atoms with Crippen molar-refractivity contribution in [3.05, 3.63) is 39.7 Å². The maximum absolute atomic E-state index is 12.9. The molecule has 0 amide bonds. The van der Waals surface area contributed by atoms with Gasteiger partial charge in [-0.25, -0.2) is 4.39 Å². The normalized spacial score (nSPS) is 14.4. The number of likely N-dealkylation sites (N-methyl/N-ethyl adjacent to an activating group) is 1. The van der Waals surface area contributed by atoms with E-state index in [-0.39, 0.29) is 12.1 Å². The number of nitrogens with one attached hydrogen (secondary N) is 1. The molecule has 17 heavy (non-hydrogen) atoms. The second-order valence-corrected chi connectivity index (χ2v) is 3.53. The fourth-order valence-electron chi connectivity index (χ4n) is 1.45. The van der Waals surface area contributed by atoms with Gasteiger partial charge in [0, 0.05) is 6.54 Å². The summed E-state index contributed by atoms with van der Waals surface area (Å²) < 4.78 is 12.9. The van der Waals surface area contributed by atoms with E-state index in [0.717, 1.165) is 12.1 Å². The zero-order valence-corrected chi connectivity index (χ0v) is 9.13. The Kier molecular flexibility index (Phi) is 4.50. The van der Waals surface area contributed by atoms with E-state index in [1.54, 1.807) is 7.05 Å². The van der Waals surface area contributed by atoms with E-state index in [0.29, 0.717) is 6.07 Å². The molecule has 0 spiro atoms. The molecule has 0 radical (unpaired) electrons. The molecule has 3 N–H and O–H groups in total. The molecule has 1 aromatic rings. The Balaban J connectivity index is 3.08. The van der Waals surface area contributed by atoms with Crippen LogP contribution in [0.5, 0.6) is 0 Å². The van der Waals surface area contributed by atoms with Gasteiger partial charge in [0.2, 0.25) is 0 Å². The monoisotopic (exact) mass is 244 g/mol. The minimum atomic E-state index is -1.44. The Morgan fingerprint density at radius 3 is 2.71 bits per heavy atom. The van der Waals surface area contributed by atoms with E-state index in [1.807, 2.05) is 0 Å². The largest absolute Gasteiger partial charge is 0.389 e. The highest BCUT2D eigenvalue weighted by molar-refractivity contribution is 5.42. The van der Waals surface area contributed by atoms with Crippen LogP contribution >= 0.6 is 0 Å². The molecule has 0 bridgehead atoms. The van der Waals surface area contributed by atoms with Gasteiger partial charge < -0.3 is 15.5 Å². The van der Waals surface area contributed by atoms with Crippen LogP contribution in [0.3, 0.4) is 0 Å². The molecule has 0 aliphatic carbocycles. The van der Waals surface area contributed by atoms with Gasteiger partial charge in [-0.05, 0) is 19.2 Å². The predicted octanol–water partition coefficient (Wildman–Crippen LogP) is 0.348. The smallest absolute Gasteiger partial charge is 0.278 e. The van der Waals surface area contributed by atoms with Crippen molar-refractivity contribution in [1.82, 2.24) is 5.32 Å². The molecule has 2 atom stereocenters. The topological polar surface area (TPSA) is 95.6 Å². The summed E-state index contributed by atoms with van der Waals surface area (Å²) in [5.41, 5.74) is -0.660. The van der Waals surface area contributed by atoms with Gasteiger partial charge in [0.1, 0.15) is 11.9 Å². The lowest BCUT2D eigenvalue weighted by Gasteiger charge is -2.17. The van der Waals surface area contributed by atoms with Crippen LogP contribution in [0.15, 0.2) is 18.2 Å². The van der Waals surface area contributed by atoms with Gasteiger partial charge in [-0.15, -0.1) is 0 Å². The standard InChI is InChI=1S/C10H13FN2O4/c1-12-5-9(14)10(15)7-3-2-6(11)4-8(7)13(16)17/h2-4,9-10,12,14-15H,5H2,1H3. The number of rotatable bonds is 5. The molecule has 0 saturated heterocycles. The highest BCUT2D eigenvalue weighted by atomic mass is 19.1. The number of benzene rings is 1. The van der Waals surface area contributed by atoms with Crippen molar-refractivity contribution in [3.63, 3.8) is 0 Å². The zero-order valence-electron chi connectivity index (χ0n) is 9.13. The minimum Gasteiger partial charge on any atom is -0.389 e. The molecule has 0 heterocycles. The number of aliphatic hydroxyl groups excluding tert-OH is 2. The lowest BCUT2D eigenvalue weighted by molar-refractivity contribution is -0.386. The van der Waals surface area contributed by atoms with Crippen molar-refractivity contribution < 1.29 is 19.5 Å². The third-order valence-electron chi connectivity index (χ3n) is 2.29. The van der Waals surface area contributed by atoms with Crippen LogP contribution in [0.4, 0.5) is 10.1 Å². The second-order valence-electron chi connectivity index (χ2n) is 3.53. The lowest BCUT2D eigenvalue weighted by atomic mass is 10.0. The Morgan fingerprint density at radius 1 is 1.53 bits per heavy atom. The first-order valence-electron chi connectivity index (χ1n) is 4.92. The molecule has 0 saturated carbocycles. The molecular weight excluding hydrogens is 231 g/mol. The van der Waals surface area contributed by atoms with Gasteiger partial charge in [0.15, 0.2) is 0 Å². The van der Waals surface area contributed by atoms with E-state index in [9.17, 15) is 24.7 Å². The van der Waals surface area contributed by atoms with Crippen LogP contribution in [0.25, 0.3) is 0 Å². The SMILES string of the molecule is CNCC(O)C(O)c1ccc(F)cc1[N+](=O)[O-]. The highest BCUT2D eigenvalue weighted by Gasteiger charge is 2.26. The summed E-state index contributed by atoms with van der Waals surface area (Å²) in [6.45, 7) is 0.0652. The van der Waals surface area contributed by atoms with Crippen molar-refractivity contribution in [2.24, 2.45) is 0 Å². The number of nitrogens with zero attached hydrogens (tertiary/aromatic N) is 1. The average molecular weight is 244 g/mol. The summed E-state index contributed by atoms with van der Waals surface area (Å²) in [4.78, 5) is 9.89. The minimum absolute atomic E-state index is 0.0652. The summed E-state index contributed by atoms with van der Waals surface area (Å²) in [5.74, 6) is -0.768. The third kappa shape index (κ3) is 3.19. The first kappa shape index (κ1) is 13.5. The molecule has 7 heteroatoms. The lowest BCUT2D eigenvalue weighted by Crippen LogP contribution is -2.29. The maximum atomic E-state index is 12.9. The molecule has 0 aromatic heterocycles. The van der Waals surface area contributed by atoms with Crippen LogP contribution in [0.2, 0.25) is 0 Å². The summed E-state index contributed by atoms with van der Waals surface area (Å²) >= 11 is 0.